The lowest BCUT2D eigenvalue weighted by Gasteiger charge is -2.41. The predicted octanol–water partition coefficient (Wildman–Crippen LogP) is 8.86. The largest absolute Gasteiger partial charge is 0.461 e. The molecule has 3 aromatic heterocycles. The van der Waals surface area contributed by atoms with Gasteiger partial charge < -0.3 is 39.4 Å². The van der Waals surface area contributed by atoms with E-state index in [1.54, 1.807) is 24.8 Å². The van der Waals surface area contributed by atoms with Gasteiger partial charge in [0.25, 0.3) is 11.5 Å². The van der Waals surface area contributed by atoms with Crippen LogP contribution in [0.1, 0.15) is 74.3 Å². The van der Waals surface area contributed by atoms with E-state index in [1.807, 2.05) is 4.90 Å². The molecule has 5 aliphatic rings. The number of piperazine rings is 1. The van der Waals surface area contributed by atoms with E-state index >= 15 is 13.2 Å². The number of pyridine rings is 2. The molecule has 0 aliphatic carbocycles. The summed E-state index contributed by atoms with van der Waals surface area (Å²) in [7, 11) is 0. The van der Waals surface area contributed by atoms with Crippen LogP contribution in [-0.2, 0) is 44.0 Å². The van der Waals surface area contributed by atoms with Gasteiger partial charge in [0.2, 0.25) is 0 Å². The highest BCUT2D eigenvalue weighted by atomic mass is 35.5. The topological polar surface area (TPSA) is 208 Å². The lowest BCUT2D eigenvalue weighted by Crippen LogP contribution is -2.54. The average Bonchev–Trinajstić information content (AvgIpc) is 4.24. The van der Waals surface area contributed by atoms with Gasteiger partial charge in [-0.3, -0.25) is 19.8 Å². The smallest absolute Gasteiger partial charge is 0.417 e. The molecule has 17 nitrogen and oxygen atoms in total. The van der Waals surface area contributed by atoms with Crippen LogP contribution in [-0.4, -0.2) is 116 Å². The van der Waals surface area contributed by atoms with Crippen LogP contribution in [0.5, 0.6) is 6.01 Å². The quantitative estimate of drug-likeness (QED) is 0.0506. The summed E-state index contributed by atoms with van der Waals surface area (Å²) >= 11 is 6.65. The van der Waals surface area contributed by atoms with E-state index in [9.17, 15) is 41.8 Å². The van der Waals surface area contributed by atoms with Crippen LogP contribution >= 0.6 is 11.6 Å². The van der Waals surface area contributed by atoms with E-state index in [-0.39, 0.29) is 97.9 Å². The summed E-state index contributed by atoms with van der Waals surface area (Å²) in [5, 5.41) is 13.2. The number of halogens is 8. The maximum atomic E-state index is 17.2. The zero-order chi connectivity index (χ0) is 57.2. The highest BCUT2D eigenvalue weighted by Crippen LogP contribution is 2.48. The fraction of sp³-hybridized carbons (Fsp3) is 0.400. The number of fused-ring (bicyclic) bond motifs is 7. The predicted molar refractivity (Wildman–Crippen MR) is 279 cm³/mol. The van der Waals surface area contributed by atoms with Gasteiger partial charge in [-0.15, -0.1) is 0 Å². The summed E-state index contributed by atoms with van der Waals surface area (Å²) in [5.41, 5.74) is -1.60. The number of nitrogen functional groups attached to an aromatic ring is 1. The monoisotopic (exact) mass is 1130 g/mol. The van der Waals surface area contributed by atoms with Crippen molar-refractivity contribution in [2.45, 2.75) is 102 Å². The molecule has 0 spiro atoms. The van der Waals surface area contributed by atoms with E-state index < -0.39 is 121 Å². The summed E-state index contributed by atoms with van der Waals surface area (Å²) in [6.45, 7) is 10.1. The number of aromatic nitrogens is 4. The van der Waals surface area contributed by atoms with Gasteiger partial charge in [0.15, 0.2) is 17.2 Å². The molecule has 80 heavy (non-hydrogen) atoms. The minimum Gasteiger partial charge on any atom is -0.461 e. The number of cyclic esters (lactones) is 1. The van der Waals surface area contributed by atoms with E-state index in [0.29, 0.717) is 35.3 Å². The van der Waals surface area contributed by atoms with Gasteiger partial charge in [-0.25, -0.2) is 32.1 Å². The maximum Gasteiger partial charge on any atom is 0.417 e. The molecule has 6 aromatic rings. The number of hydrogen-bond acceptors (Lipinski definition) is 14. The van der Waals surface area contributed by atoms with Crippen molar-refractivity contribution in [3.05, 3.63) is 109 Å². The van der Waals surface area contributed by atoms with Gasteiger partial charge in [-0.1, -0.05) is 25.1 Å². The van der Waals surface area contributed by atoms with Crippen molar-refractivity contribution < 1.29 is 64.4 Å². The van der Waals surface area contributed by atoms with Gasteiger partial charge in [0.05, 0.1) is 62.1 Å². The second-order valence-corrected chi connectivity index (χ2v) is 21.5. The normalized spacial score (nSPS) is 22.0. The van der Waals surface area contributed by atoms with Crippen LogP contribution in [0.15, 0.2) is 53.3 Å². The molecule has 420 valence electrons. The molecule has 4 N–H and O–H groups in total. The fourth-order valence-corrected chi connectivity index (χ4v) is 12.3. The molecule has 5 atom stereocenters. The first-order valence-electron chi connectivity index (χ1n) is 25.7. The van der Waals surface area contributed by atoms with Gasteiger partial charge in [-0.2, -0.15) is 23.1 Å². The number of hydrogen-bond donors (Lipinski definition) is 3. The minimum atomic E-state index is -5.17. The Kier molecular flexibility index (Phi) is 13.3. The Balaban J connectivity index is 0.814. The molecule has 11 rings (SSSR count). The molecule has 0 bridgehead atoms. The zero-order valence-corrected chi connectivity index (χ0v) is 44.2. The van der Waals surface area contributed by atoms with Gasteiger partial charge in [0, 0.05) is 77.7 Å². The Bertz CT molecular complexity index is 3750. The number of rotatable bonds is 10. The summed E-state index contributed by atoms with van der Waals surface area (Å²) in [6, 6.07) is 6.48. The van der Waals surface area contributed by atoms with Crippen LogP contribution < -0.4 is 26.2 Å². The van der Waals surface area contributed by atoms with Gasteiger partial charge in [-0.05, 0) is 82.5 Å². The van der Waals surface area contributed by atoms with Crippen LogP contribution in [0, 0.1) is 24.4 Å². The summed E-state index contributed by atoms with van der Waals surface area (Å²) in [6.07, 6.45) is -7.22. The summed E-state index contributed by atoms with van der Waals surface area (Å²) in [5.74, 6) is -5.35. The number of esters is 1. The van der Waals surface area contributed by atoms with E-state index in [2.05, 4.69) is 26.8 Å². The second kappa shape index (κ2) is 19.6. The molecular formula is C55H51ClF7N9O8. The second-order valence-electron chi connectivity index (χ2n) is 21.1. The summed E-state index contributed by atoms with van der Waals surface area (Å²) < 4.78 is 126. The lowest BCUT2D eigenvalue weighted by atomic mass is 9.86. The number of alkyl halides is 4. The number of carbonyl (C=O) groups excluding carboxylic acids is 3. The van der Waals surface area contributed by atoms with E-state index in [4.69, 9.17) is 31.5 Å². The molecule has 0 saturated carbocycles. The minimum absolute atomic E-state index is 0.00730. The van der Waals surface area contributed by atoms with Crippen LogP contribution in [0.4, 0.5) is 52.7 Å². The summed E-state index contributed by atoms with van der Waals surface area (Å²) in [4.78, 5) is 72.2. The highest BCUT2D eigenvalue weighted by molar-refractivity contribution is 6.34. The molecule has 8 heterocycles. The van der Waals surface area contributed by atoms with Crippen molar-refractivity contribution in [1.29, 1.82) is 0 Å². The molecule has 5 aliphatic heterocycles. The zero-order valence-electron chi connectivity index (χ0n) is 43.4. The first-order valence-corrected chi connectivity index (χ1v) is 26.1. The standard InChI is InChI=1S/C55H51ClF7N9O8/c1-6-54(77)33-16-39-45-29(20-72(39)49(74)32(33)22-78-50(54)75)13-28-14-38(35(58)17-37(28)65-45)66-52(76)80-27(5)26(4)48(73)69-10-11-71(25(3)19-69)47-31-15-34(56)40(41-42(55(61,62)63)24(2)12-36(64)43(41)59)44(60)46(31)67-51(68-47)79-23-53-8-7-9-70(53)21-30(57)18-53/h12-17,25,27,30,77H,4,6-11,18-23,64H2,1-3,5H3,(H,66,76)/t25-,27-,30+,53-,54-/m0/s1. The number of carbonyl (C=O) groups is 3. The van der Waals surface area contributed by atoms with Crippen molar-refractivity contribution in [2.75, 3.05) is 55.3 Å². The van der Waals surface area contributed by atoms with Gasteiger partial charge in [0.1, 0.15) is 42.6 Å². The highest BCUT2D eigenvalue weighted by Gasteiger charge is 2.50. The molecular weight excluding hydrogens is 1080 g/mol. The first-order chi connectivity index (χ1) is 37.8. The number of ether oxygens (including phenoxy) is 3. The van der Waals surface area contributed by atoms with Crippen molar-refractivity contribution in [2.24, 2.45) is 0 Å². The van der Waals surface area contributed by atoms with Crippen molar-refractivity contribution in [3.8, 4) is 28.5 Å². The van der Waals surface area contributed by atoms with E-state index in [0.717, 1.165) is 31.5 Å². The first kappa shape index (κ1) is 54.4. The molecule has 3 fully saturated rings. The average molecular weight is 1130 g/mol. The van der Waals surface area contributed by atoms with Crippen molar-refractivity contribution >= 4 is 68.6 Å². The number of nitrogens with two attached hydrogens (primary N) is 1. The Hall–Kier alpha value is -7.57. The molecule has 0 unspecified atom stereocenters. The number of anilines is 3. The number of aryl methyl sites for hydroxylation is 1. The maximum absolute atomic E-state index is 17.2. The molecule has 2 amide bonds. The lowest BCUT2D eigenvalue weighted by molar-refractivity contribution is -0.172. The van der Waals surface area contributed by atoms with E-state index in [1.165, 1.54) is 28.5 Å². The van der Waals surface area contributed by atoms with Gasteiger partial charge >= 0.3 is 24.2 Å². The Labute approximate surface area is 456 Å². The fourth-order valence-electron chi connectivity index (χ4n) is 12.0. The Morgan fingerprint density at radius 3 is 2.52 bits per heavy atom. The SMILES string of the molecule is C=C(C(=O)N1CCN(c2nc(OC[C@@]34CCCN3C[C@H](F)C4)nc3c(F)c(-c4c(F)c(N)cc(C)c4C(F)(F)F)c(Cl)cc23)[C@@H](C)C1)[C@H](C)OC(=O)Nc1cc2cc3c(nc2cc1F)-c1cc2c(c(=O)n1C3)COC(=O)[C@]2(O)CC. The molecule has 3 saturated heterocycles. The number of nitrogens with one attached hydrogen (secondary N) is 1. The number of benzene rings is 3. The number of amides is 2. The third kappa shape index (κ3) is 8.89. The van der Waals surface area contributed by atoms with Crippen LogP contribution in [0.25, 0.3) is 44.3 Å². The Morgan fingerprint density at radius 1 is 1.04 bits per heavy atom. The van der Waals surface area contributed by atoms with Crippen LogP contribution in [0.3, 0.4) is 0 Å². The molecule has 0 radical (unpaired) electrons. The molecule has 25 heteroatoms. The van der Waals surface area contributed by atoms with Crippen molar-refractivity contribution in [3.63, 3.8) is 0 Å². The Morgan fingerprint density at radius 2 is 1.80 bits per heavy atom. The number of nitrogens with zero attached hydrogens (tertiary/aromatic N) is 7. The number of aliphatic hydroxyl groups is 1. The third-order valence-electron chi connectivity index (χ3n) is 16.2. The molecule has 3 aromatic carbocycles. The van der Waals surface area contributed by atoms with Crippen LogP contribution in [0.2, 0.25) is 5.02 Å². The van der Waals surface area contributed by atoms with Crippen molar-refractivity contribution in [1.82, 2.24) is 29.3 Å². The third-order valence-corrected chi connectivity index (χ3v) is 16.5.